The van der Waals surface area contributed by atoms with Gasteiger partial charge in [-0.3, -0.25) is 14.6 Å². The monoisotopic (exact) mass is 644 g/mol. The fourth-order valence-electron chi connectivity index (χ4n) is 6.67. The zero-order chi connectivity index (χ0) is 28.9. The maximum Gasteiger partial charge on any atom is 0.325 e. The summed E-state index contributed by atoms with van der Waals surface area (Å²) in [6.45, 7) is 4.56. The molecule has 0 saturated carbocycles. The van der Waals surface area contributed by atoms with Crippen molar-refractivity contribution in [1.82, 2.24) is 20.1 Å². The second-order valence-electron chi connectivity index (χ2n) is 11.3. The average molecular weight is 646 g/mol. The lowest BCUT2D eigenvalue weighted by Gasteiger charge is -2.38. The first-order valence-electron chi connectivity index (χ1n) is 14.7. The summed E-state index contributed by atoms with van der Waals surface area (Å²) >= 11 is 10.3. The van der Waals surface area contributed by atoms with Crippen molar-refractivity contribution in [2.75, 3.05) is 39.3 Å². The SMILES string of the molecule is CCOC(=O)CNC(=O)N1CCC(CC(=O)N2CCC([C@H]3c4ncccc4CCc4cc(Cl)cc(Br)c43)CC2)CC1. The number of esters is 1. The van der Waals surface area contributed by atoms with Gasteiger partial charge < -0.3 is 19.9 Å². The minimum Gasteiger partial charge on any atom is -0.465 e. The van der Waals surface area contributed by atoms with Crippen LogP contribution in [0.1, 0.15) is 67.3 Å². The van der Waals surface area contributed by atoms with Crippen LogP contribution in [0.3, 0.4) is 0 Å². The number of rotatable bonds is 6. The van der Waals surface area contributed by atoms with Crippen LogP contribution in [0.2, 0.25) is 5.02 Å². The number of halogens is 2. The van der Waals surface area contributed by atoms with Crippen LogP contribution in [0.15, 0.2) is 34.9 Å². The summed E-state index contributed by atoms with van der Waals surface area (Å²) in [4.78, 5) is 45.8. The van der Waals surface area contributed by atoms with E-state index in [1.165, 1.54) is 16.7 Å². The number of carbonyl (C=O) groups is 3. The molecule has 1 aromatic heterocycles. The van der Waals surface area contributed by atoms with Gasteiger partial charge in [0.2, 0.25) is 5.91 Å². The van der Waals surface area contributed by atoms with E-state index in [4.69, 9.17) is 21.3 Å². The summed E-state index contributed by atoms with van der Waals surface area (Å²) in [5, 5.41) is 3.37. The molecule has 0 spiro atoms. The molecule has 8 nitrogen and oxygen atoms in total. The molecule has 0 bridgehead atoms. The quantitative estimate of drug-likeness (QED) is 0.429. The third-order valence-corrected chi connectivity index (χ3v) is 9.67. The number of likely N-dealkylation sites (tertiary alicyclic amines) is 2. The molecule has 3 heterocycles. The van der Waals surface area contributed by atoms with E-state index >= 15 is 0 Å². The number of fused-ring (bicyclic) bond motifs is 2. The molecule has 1 aromatic carbocycles. The van der Waals surface area contributed by atoms with Gasteiger partial charge in [-0.25, -0.2) is 4.79 Å². The fourth-order valence-corrected chi connectivity index (χ4v) is 7.79. The standard InChI is InChI=1S/C31H38BrClN4O4/c1-2-41-27(39)19-35-31(40)37-12-7-20(8-13-37)16-26(38)36-14-9-21(10-15-36)29-28-23(17-24(33)18-25(28)32)6-5-22-4-3-11-34-30(22)29/h3-4,11,17-18,20-21,29H,2,5-10,12-16,19H2,1H3,(H,35,40)/t29-/m1/s1. The maximum absolute atomic E-state index is 13.3. The highest BCUT2D eigenvalue weighted by Gasteiger charge is 2.36. The molecular weight excluding hydrogens is 608 g/mol. The summed E-state index contributed by atoms with van der Waals surface area (Å²) in [6, 6.07) is 8.07. The van der Waals surface area contributed by atoms with Crippen LogP contribution in [-0.4, -0.2) is 72.0 Å². The zero-order valence-electron chi connectivity index (χ0n) is 23.5. The number of aryl methyl sites for hydroxylation is 2. The van der Waals surface area contributed by atoms with E-state index in [1.54, 1.807) is 11.8 Å². The lowest BCUT2D eigenvalue weighted by Crippen LogP contribution is -2.47. The van der Waals surface area contributed by atoms with Gasteiger partial charge in [-0.15, -0.1) is 0 Å². The molecule has 1 atom stereocenters. The van der Waals surface area contributed by atoms with Crippen LogP contribution in [0.4, 0.5) is 4.79 Å². The Morgan fingerprint density at radius 2 is 1.76 bits per heavy atom. The number of hydrogen-bond acceptors (Lipinski definition) is 5. The molecule has 0 unspecified atom stereocenters. The van der Waals surface area contributed by atoms with Gasteiger partial charge in [0, 0.05) is 54.2 Å². The molecule has 41 heavy (non-hydrogen) atoms. The number of nitrogens with zero attached hydrogens (tertiary/aromatic N) is 3. The van der Waals surface area contributed by atoms with E-state index in [9.17, 15) is 14.4 Å². The van der Waals surface area contributed by atoms with Crippen molar-refractivity contribution in [1.29, 1.82) is 0 Å². The minimum absolute atomic E-state index is 0.125. The highest BCUT2D eigenvalue weighted by molar-refractivity contribution is 9.10. The van der Waals surface area contributed by atoms with Crippen LogP contribution in [0.25, 0.3) is 0 Å². The van der Waals surface area contributed by atoms with Crippen molar-refractivity contribution in [2.24, 2.45) is 11.8 Å². The third-order valence-electron chi connectivity index (χ3n) is 8.79. The van der Waals surface area contributed by atoms with Crippen molar-refractivity contribution in [3.8, 4) is 0 Å². The van der Waals surface area contributed by atoms with Gasteiger partial charge in [-0.2, -0.15) is 0 Å². The van der Waals surface area contributed by atoms with Crippen molar-refractivity contribution in [3.05, 3.63) is 62.3 Å². The Kier molecular flexibility index (Phi) is 9.86. The van der Waals surface area contributed by atoms with E-state index in [2.05, 4.69) is 33.4 Å². The topological polar surface area (TPSA) is 91.8 Å². The Balaban J connectivity index is 1.16. The van der Waals surface area contributed by atoms with Crippen molar-refractivity contribution in [3.63, 3.8) is 0 Å². The van der Waals surface area contributed by atoms with Crippen molar-refractivity contribution in [2.45, 2.75) is 57.8 Å². The Hall–Kier alpha value is -2.65. The number of ether oxygens (including phenoxy) is 1. The Morgan fingerprint density at radius 3 is 2.49 bits per heavy atom. The van der Waals surface area contributed by atoms with Crippen LogP contribution in [0, 0.1) is 11.8 Å². The number of benzene rings is 1. The number of carbonyl (C=O) groups excluding carboxylic acids is 3. The van der Waals surface area contributed by atoms with E-state index in [0.717, 1.165) is 66.8 Å². The molecular formula is C31H38BrClN4O4. The molecule has 2 aliphatic heterocycles. The van der Waals surface area contributed by atoms with Gasteiger partial charge in [0.05, 0.1) is 12.3 Å². The lowest BCUT2D eigenvalue weighted by atomic mass is 9.76. The van der Waals surface area contributed by atoms with Gasteiger partial charge in [0.1, 0.15) is 6.54 Å². The molecule has 2 aromatic rings. The smallest absolute Gasteiger partial charge is 0.325 e. The summed E-state index contributed by atoms with van der Waals surface area (Å²) in [7, 11) is 0. The Labute approximate surface area is 255 Å². The number of nitrogens with one attached hydrogen (secondary N) is 1. The lowest BCUT2D eigenvalue weighted by molar-refractivity contribution is -0.141. The predicted molar refractivity (Wildman–Crippen MR) is 161 cm³/mol. The fraction of sp³-hybridized carbons (Fsp3) is 0.548. The molecule has 3 amide bonds. The maximum atomic E-state index is 13.3. The predicted octanol–water partition coefficient (Wildman–Crippen LogP) is 5.34. The summed E-state index contributed by atoms with van der Waals surface area (Å²) in [5.41, 5.74) is 5.05. The van der Waals surface area contributed by atoms with E-state index in [0.29, 0.717) is 32.0 Å². The molecule has 5 rings (SSSR count). The Morgan fingerprint density at radius 1 is 1.05 bits per heavy atom. The number of pyridine rings is 1. The highest BCUT2D eigenvalue weighted by atomic mass is 79.9. The van der Waals surface area contributed by atoms with Gasteiger partial charge in [0.15, 0.2) is 0 Å². The molecule has 0 radical (unpaired) electrons. The van der Waals surface area contributed by atoms with Gasteiger partial charge in [-0.05, 0) is 92.2 Å². The molecule has 10 heteroatoms. The molecule has 2 fully saturated rings. The number of aromatic nitrogens is 1. The minimum atomic E-state index is -0.439. The summed E-state index contributed by atoms with van der Waals surface area (Å²) in [5.74, 6) is 0.595. The van der Waals surface area contributed by atoms with Gasteiger partial charge in [0.25, 0.3) is 0 Å². The van der Waals surface area contributed by atoms with E-state index < -0.39 is 5.97 Å². The molecule has 1 N–H and O–H groups in total. The molecule has 2 saturated heterocycles. The van der Waals surface area contributed by atoms with Crippen LogP contribution >= 0.6 is 27.5 Å². The summed E-state index contributed by atoms with van der Waals surface area (Å²) in [6.07, 6.45) is 7.73. The molecule has 220 valence electrons. The van der Waals surface area contributed by atoms with Crippen LogP contribution < -0.4 is 5.32 Å². The van der Waals surface area contributed by atoms with Gasteiger partial charge in [-0.1, -0.05) is 33.6 Å². The van der Waals surface area contributed by atoms with Crippen LogP contribution in [-0.2, 0) is 27.2 Å². The largest absolute Gasteiger partial charge is 0.465 e. The molecule has 1 aliphatic carbocycles. The Bertz CT molecular complexity index is 1270. The first-order valence-corrected chi connectivity index (χ1v) is 15.9. The van der Waals surface area contributed by atoms with Gasteiger partial charge >= 0.3 is 12.0 Å². The highest BCUT2D eigenvalue weighted by Crippen LogP contribution is 2.45. The van der Waals surface area contributed by atoms with Crippen molar-refractivity contribution < 1.29 is 19.1 Å². The number of urea groups is 1. The van der Waals surface area contributed by atoms with E-state index in [1.807, 2.05) is 23.2 Å². The number of hydrogen-bond donors (Lipinski definition) is 1. The third kappa shape index (κ3) is 7.05. The first kappa shape index (κ1) is 29.8. The normalized spacial score (nSPS) is 19.6. The second-order valence-corrected chi connectivity index (χ2v) is 12.6. The van der Waals surface area contributed by atoms with Crippen LogP contribution in [0.5, 0.6) is 0 Å². The second kappa shape index (κ2) is 13.6. The van der Waals surface area contributed by atoms with E-state index in [-0.39, 0.29) is 30.3 Å². The molecule has 3 aliphatic rings. The first-order chi connectivity index (χ1) is 19.8. The van der Waals surface area contributed by atoms with Crippen molar-refractivity contribution >= 4 is 45.4 Å². The number of amides is 3. The zero-order valence-corrected chi connectivity index (χ0v) is 25.9. The number of piperidine rings is 2. The average Bonchev–Trinajstić information content (AvgIpc) is 3.14. The summed E-state index contributed by atoms with van der Waals surface area (Å²) < 4.78 is 5.91.